The highest BCUT2D eigenvalue weighted by Crippen LogP contribution is 2.31. The normalized spacial score (nSPS) is 11.8. The molecule has 1 heterocycles. The summed E-state index contributed by atoms with van der Waals surface area (Å²) >= 11 is 3.13. The van der Waals surface area contributed by atoms with Gasteiger partial charge in [-0.15, -0.1) is 0 Å². The summed E-state index contributed by atoms with van der Waals surface area (Å²) in [6.45, 7) is 1.99. The van der Waals surface area contributed by atoms with Gasteiger partial charge in [0.15, 0.2) is 5.84 Å². The minimum atomic E-state index is -0.543. The largest absolute Gasteiger partial charge is 0.506 e. The molecule has 0 aliphatic rings. The van der Waals surface area contributed by atoms with Crippen molar-refractivity contribution in [2.24, 2.45) is 10.1 Å². The number of nitro groups is 1. The smallest absolute Gasteiger partial charge is 0.271 e. The van der Waals surface area contributed by atoms with Crippen LogP contribution < -0.4 is 5.43 Å². The summed E-state index contributed by atoms with van der Waals surface area (Å²) < 4.78 is 0.197. The second-order valence-corrected chi connectivity index (χ2v) is 8.03. The van der Waals surface area contributed by atoms with Crippen LogP contribution >= 0.6 is 15.9 Å². The van der Waals surface area contributed by atoms with Crippen molar-refractivity contribution >= 4 is 50.3 Å². The molecule has 0 saturated carbocycles. The molecule has 0 radical (unpaired) electrons. The molecule has 0 saturated heterocycles. The number of aromatic nitrogens is 1. The molecule has 0 amide bonds. The third kappa shape index (κ3) is 5.21. The summed E-state index contributed by atoms with van der Waals surface area (Å²) in [5.41, 5.74) is 6.04. The number of aromatic hydroxyl groups is 1. The number of fused-ring (bicyclic) bond motifs is 1. The van der Waals surface area contributed by atoms with Crippen molar-refractivity contribution in [3.05, 3.63) is 104 Å². The third-order valence-electron chi connectivity index (χ3n) is 4.78. The summed E-state index contributed by atoms with van der Waals surface area (Å²) in [5.74, 6) is 0.219. The van der Waals surface area contributed by atoms with Gasteiger partial charge in [0.2, 0.25) is 0 Å². The number of nitrogens with zero attached hydrogens (tertiary/aromatic N) is 4. The number of amidine groups is 1. The number of non-ortho nitro benzene ring substituents is 1. The van der Waals surface area contributed by atoms with Gasteiger partial charge >= 0.3 is 0 Å². The van der Waals surface area contributed by atoms with E-state index in [2.05, 4.69) is 36.4 Å². The van der Waals surface area contributed by atoms with Crippen LogP contribution in [-0.4, -0.2) is 27.1 Å². The Bertz CT molecular complexity index is 1400. The van der Waals surface area contributed by atoms with Crippen LogP contribution in [0.2, 0.25) is 0 Å². The quantitative estimate of drug-likeness (QED) is 0.159. The van der Waals surface area contributed by atoms with E-state index in [1.807, 2.05) is 67.6 Å². The average molecular weight is 504 g/mol. The fourth-order valence-electron chi connectivity index (χ4n) is 3.06. The zero-order chi connectivity index (χ0) is 23.4. The lowest BCUT2D eigenvalue weighted by Crippen LogP contribution is -2.20. The van der Waals surface area contributed by atoms with Gasteiger partial charge < -0.3 is 5.11 Å². The van der Waals surface area contributed by atoms with Crippen LogP contribution in [0.5, 0.6) is 5.75 Å². The fraction of sp³-hybridized carbons (Fsp3) is 0.0417. The van der Waals surface area contributed by atoms with Crippen LogP contribution in [0.25, 0.3) is 10.9 Å². The standard InChI is InChI=1S/C24H18BrN5O3/c1-15-6-9-18(10-7-15)27-24(22-11-8-16-4-2-3-5-21(16)28-22)29-26-14-17-12-19(30(32)33)13-20(25)23(17)31/h2-14,31H,1H3,(H,27,29). The topological polar surface area (TPSA) is 113 Å². The maximum Gasteiger partial charge on any atom is 0.271 e. The highest BCUT2D eigenvalue weighted by Gasteiger charge is 2.14. The second kappa shape index (κ2) is 9.58. The number of aliphatic imine (C=N–C) groups is 1. The predicted octanol–water partition coefficient (Wildman–Crippen LogP) is 5.62. The van der Waals surface area contributed by atoms with Crippen LogP contribution in [-0.2, 0) is 0 Å². The van der Waals surface area contributed by atoms with Crippen LogP contribution in [0.1, 0.15) is 16.8 Å². The van der Waals surface area contributed by atoms with Crippen molar-refractivity contribution in [1.82, 2.24) is 10.4 Å². The van der Waals surface area contributed by atoms with Crippen LogP contribution in [0.3, 0.4) is 0 Å². The number of para-hydroxylation sites is 1. The molecule has 4 aromatic rings. The van der Waals surface area contributed by atoms with E-state index >= 15 is 0 Å². The number of benzene rings is 3. The number of pyridine rings is 1. The van der Waals surface area contributed by atoms with Gasteiger partial charge in [-0.25, -0.2) is 9.98 Å². The SMILES string of the molecule is Cc1ccc(N=C(NN=Cc2cc([N+](=O)[O-])cc(Br)c2O)c2ccc3ccccc3n2)cc1. The number of nitrogens with one attached hydrogen (secondary N) is 1. The molecule has 1 aromatic heterocycles. The highest BCUT2D eigenvalue weighted by molar-refractivity contribution is 9.10. The van der Waals surface area contributed by atoms with Crippen LogP contribution in [0.4, 0.5) is 11.4 Å². The maximum absolute atomic E-state index is 11.1. The van der Waals surface area contributed by atoms with Gasteiger partial charge in [-0.05, 0) is 47.1 Å². The summed E-state index contributed by atoms with van der Waals surface area (Å²) in [6.07, 6.45) is 1.29. The number of rotatable bonds is 5. The molecule has 9 heteroatoms. The minimum absolute atomic E-state index is 0.160. The Labute approximate surface area is 197 Å². The number of nitro benzene ring substituents is 1. The van der Waals surface area contributed by atoms with E-state index < -0.39 is 4.92 Å². The lowest BCUT2D eigenvalue weighted by molar-refractivity contribution is -0.385. The van der Waals surface area contributed by atoms with E-state index in [0.29, 0.717) is 17.2 Å². The van der Waals surface area contributed by atoms with Crippen molar-refractivity contribution in [3.8, 4) is 5.75 Å². The number of phenolic OH excluding ortho intramolecular Hbond substituents is 1. The molecule has 2 N–H and O–H groups in total. The molecule has 164 valence electrons. The van der Waals surface area contributed by atoms with Gasteiger partial charge in [-0.3, -0.25) is 15.5 Å². The second-order valence-electron chi connectivity index (χ2n) is 7.18. The molecule has 0 atom stereocenters. The van der Waals surface area contributed by atoms with E-state index in [0.717, 1.165) is 16.5 Å². The molecule has 0 aliphatic heterocycles. The molecule has 8 nitrogen and oxygen atoms in total. The Balaban J connectivity index is 1.71. The number of hydrazone groups is 1. The summed E-state index contributed by atoms with van der Waals surface area (Å²) in [4.78, 5) is 19.9. The molecule has 0 spiro atoms. The van der Waals surface area contributed by atoms with Gasteiger partial charge in [-0.2, -0.15) is 5.10 Å². The lowest BCUT2D eigenvalue weighted by atomic mass is 10.2. The molecular formula is C24H18BrN5O3. The fourth-order valence-corrected chi connectivity index (χ4v) is 3.52. The first-order valence-corrected chi connectivity index (χ1v) is 10.7. The summed E-state index contributed by atoms with van der Waals surface area (Å²) in [6, 6.07) is 21.6. The Kier molecular flexibility index (Phi) is 6.41. The average Bonchev–Trinajstić information content (AvgIpc) is 2.81. The molecule has 0 fully saturated rings. The Morgan fingerprint density at radius 3 is 2.64 bits per heavy atom. The van der Waals surface area contributed by atoms with Gasteiger partial charge in [0.05, 0.1) is 26.8 Å². The van der Waals surface area contributed by atoms with E-state index in [9.17, 15) is 15.2 Å². The van der Waals surface area contributed by atoms with Crippen molar-refractivity contribution in [1.29, 1.82) is 0 Å². The number of halogens is 1. The molecule has 0 bridgehead atoms. The number of phenols is 1. The molecular weight excluding hydrogens is 486 g/mol. The zero-order valence-electron chi connectivity index (χ0n) is 17.4. The molecule has 0 unspecified atom stereocenters. The van der Waals surface area contributed by atoms with Gasteiger partial charge in [0, 0.05) is 23.1 Å². The van der Waals surface area contributed by atoms with Crippen LogP contribution in [0, 0.1) is 17.0 Å². The van der Waals surface area contributed by atoms with E-state index in [4.69, 9.17) is 0 Å². The molecule has 0 aliphatic carbocycles. The Morgan fingerprint density at radius 2 is 1.88 bits per heavy atom. The third-order valence-corrected chi connectivity index (χ3v) is 5.38. The first-order valence-electron chi connectivity index (χ1n) is 9.88. The van der Waals surface area contributed by atoms with Crippen molar-refractivity contribution < 1.29 is 10.0 Å². The zero-order valence-corrected chi connectivity index (χ0v) is 19.0. The first-order chi connectivity index (χ1) is 15.9. The lowest BCUT2D eigenvalue weighted by Gasteiger charge is -2.08. The van der Waals surface area contributed by atoms with Gasteiger partial charge in [0.25, 0.3) is 5.69 Å². The van der Waals surface area contributed by atoms with Crippen molar-refractivity contribution in [2.45, 2.75) is 6.92 Å². The summed E-state index contributed by atoms with van der Waals surface area (Å²) in [5, 5.41) is 26.5. The number of hydrogen-bond donors (Lipinski definition) is 2. The Hall–Kier alpha value is -4.11. The number of hydrogen-bond acceptors (Lipinski definition) is 6. The van der Waals surface area contributed by atoms with Crippen molar-refractivity contribution in [3.63, 3.8) is 0 Å². The van der Waals surface area contributed by atoms with E-state index in [1.165, 1.54) is 18.3 Å². The van der Waals surface area contributed by atoms with Crippen LogP contribution in [0.15, 0.2) is 87.4 Å². The molecule has 4 rings (SSSR count). The van der Waals surface area contributed by atoms with Gasteiger partial charge in [0.1, 0.15) is 11.4 Å². The molecule has 3 aromatic carbocycles. The summed E-state index contributed by atoms with van der Waals surface area (Å²) in [7, 11) is 0. The Morgan fingerprint density at radius 1 is 1.12 bits per heavy atom. The highest BCUT2D eigenvalue weighted by atomic mass is 79.9. The first kappa shape index (κ1) is 22.1. The van der Waals surface area contributed by atoms with E-state index in [-0.39, 0.29) is 21.5 Å². The minimum Gasteiger partial charge on any atom is -0.506 e. The van der Waals surface area contributed by atoms with E-state index in [1.54, 1.807) is 0 Å². The number of aryl methyl sites for hydroxylation is 1. The monoisotopic (exact) mass is 503 g/mol. The predicted molar refractivity (Wildman–Crippen MR) is 132 cm³/mol. The van der Waals surface area contributed by atoms with Crippen molar-refractivity contribution in [2.75, 3.05) is 0 Å². The molecule has 33 heavy (non-hydrogen) atoms. The maximum atomic E-state index is 11.1. The van der Waals surface area contributed by atoms with Gasteiger partial charge in [-0.1, -0.05) is 42.0 Å².